The maximum Gasteiger partial charge on any atom is 0.238 e. The summed E-state index contributed by atoms with van der Waals surface area (Å²) in [5.41, 5.74) is 6.52. The van der Waals surface area contributed by atoms with E-state index >= 15 is 0 Å². The molecule has 2 amide bonds. The van der Waals surface area contributed by atoms with Gasteiger partial charge >= 0.3 is 0 Å². The molecule has 0 saturated carbocycles. The van der Waals surface area contributed by atoms with Crippen molar-refractivity contribution in [1.82, 2.24) is 0 Å². The highest BCUT2D eigenvalue weighted by Crippen LogP contribution is 2.61. The Morgan fingerprint density at radius 2 is 1.33 bits per heavy atom. The zero-order valence-corrected chi connectivity index (χ0v) is 17.3. The molecule has 30 heavy (non-hydrogen) atoms. The van der Waals surface area contributed by atoms with E-state index in [1.54, 1.807) is 12.1 Å². The fourth-order valence-corrected chi connectivity index (χ4v) is 6.09. The van der Waals surface area contributed by atoms with Crippen LogP contribution in [0.2, 0.25) is 5.02 Å². The van der Waals surface area contributed by atoms with Crippen LogP contribution in [-0.2, 0) is 16.0 Å². The molecule has 4 aliphatic rings. The average Bonchev–Trinajstić information content (AvgIpc) is 3.04. The number of hydrogen-bond donors (Lipinski definition) is 0. The number of anilines is 1. The van der Waals surface area contributed by atoms with Gasteiger partial charge in [0.05, 0.1) is 22.5 Å². The van der Waals surface area contributed by atoms with E-state index in [4.69, 9.17) is 11.6 Å². The SMILES string of the molecule is CCc1ccc2c(c1)[C@H]1c3ccccc3[C@H]2[C@@H]2C(=O)N(c3ccccc3Cl)C(=O)[C@H]12. The van der Waals surface area contributed by atoms with Crippen LogP contribution in [0.5, 0.6) is 0 Å². The van der Waals surface area contributed by atoms with Gasteiger partial charge in [0.25, 0.3) is 0 Å². The monoisotopic (exact) mass is 413 g/mol. The third-order valence-electron chi connectivity index (χ3n) is 7.11. The quantitative estimate of drug-likeness (QED) is 0.534. The van der Waals surface area contributed by atoms with E-state index in [1.165, 1.54) is 32.7 Å². The zero-order chi connectivity index (χ0) is 20.6. The van der Waals surface area contributed by atoms with Crippen LogP contribution in [0.25, 0.3) is 0 Å². The number of amides is 2. The fraction of sp³-hybridized carbons (Fsp3) is 0.231. The molecule has 1 heterocycles. The molecule has 3 aromatic carbocycles. The number of aryl methyl sites for hydroxylation is 1. The van der Waals surface area contributed by atoms with E-state index in [9.17, 15) is 9.59 Å². The Balaban J connectivity index is 1.58. The van der Waals surface area contributed by atoms with Gasteiger partial charge in [-0.05, 0) is 46.4 Å². The lowest BCUT2D eigenvalue weighted by Crippen LogP contribution is -2.41. The van der Waals surface area contributed by atoms with Crippen LogP contribution in [-0.4, -0.2) is 11.8 Å². The number of carbonyl (C=O) groups excluding carboxylic acids is 2. The van der Waals surface area contributed by atoms with Gasteiger partial charge in [-0.1, -0.05) is 73.1 Å². The van der Waals surface area contributed by atoms with Gasteiger partial charge in [0.15, 0.2) is 0 Å². The lowest BCUT2D eigenvalue weighted by atomic mass is 9.55. The molecule has 0 radical (unpaired) electrons. The van der Waals surface area contributed by atoms with Gasteiger partial charge in [-0.25, -0.2) is 4.90 Å². The molecule has 1 saturated heterocycles. The van der Waals surface area contributed by atoms with Crippen LogP contribution in [0.1, 0.15) is 46.6 Å². The van der Waals surface area contributed by atoms with E-state index in [0.29, 0.717) is 10.7 Å². The summed E-state index contributed by atoms with van der Waals surface area (Å²) < 4.78 is 0. The molecule has 4 heteroatoms. The summed E-state index contributed by atoms with van der Waals surface area (Å²) in [6.45, 7) is 2.14. The van der Waals surface area contributed by atoms with Crippen molar-refractivity contribution in [2.75, 3.05) is 4.90 Å². The highest BCUT2D eigenvalue weighted by Gasteiger charge is 2.62. The molecule has 2 bridgehead atoms. The first kappa shape index (κ1) is 17.9. The lowest BCUT2D eigenvalue weighted by molar-refractivity contribution is -0.122. The predicted molar refractivity (Wildman–Crippen MR) is 117 cm³/mol. The molecular formula is C26H20ClNO2. The van der Waals surface area contributed by atoms with Crippen molar-refractivity contribution < 1.29 is 9.59 Å². The lowest BCUT2D eigenvalue weighted by Gasteiger charge is -2.46. The van der Waals surface area contributed by atoms with Gasteiger partial charge in [-0.3, -0.25) is 9.59 Å². The van der Waals surface area contributed by atoms with Crippen LogP contribution in [0.3, 0.4) is 0 Å². The van der Waals surface area contributed by atoms with E-state index in [-0.39, 0.29) is 35.5 Å². The number of imide groups is 1. The van der Waals surface area contributed by atoms with Crippen LogP contribution in [0.15, 0.2) is 66.7 Å². The number of halogens is 1. The van der Waals surface area contributed by atoms with Gasteiger partial charge in [0.2, 0.25) is 11.8 Å². The summed E-state index contributed by atoms with van der Waals surface area (Å²) >= 11 is 6.39. The van der Waals surface area contributed by atoms with E-state index < -0.39 is 0 Å². The zero-order valence-electron chi connectivity index (χ0n) is 16.5. The first-order valence-corrected chi connectivity index (χ1v) is 10.8. The number of rotatable bonds is 2. The van der Waals surface area contributed by atoms with Crippen molar-refractivity contribution >= 4 is 29.1 Å². The summed E-state index contributed by atoms with van der Waals surface area (Å²) in [7, 11) is 0. The summed E-state index contributed by atoms with van der Waals surface area (Å²) in [5, 5.41) is 0.425. The summed E-state index contributed by atoms with van der Waals surface area (Å²) in [6.07, 6.45) is 0.943. The highest BCUT2D eigenvalue weighted by atomic mass is 35.5. The van der Waals surface area contributed by atoms with Crippen molar-refractivity contribution in [2.24, 2.45) is 11.8 Å². The third-order valence-corrected chi connectivity index (χ3v) is 7.42. The Hall–Kier alpha value is -2.91. The van der Waals surface area contributed by atoms with E-state index in [2.05, 4.69) is 37.3 Å². The Labute approximate surface area is 180 Å². The second kappa shape index (κ2) is 6.29. The molecule has 148 valence electrons. The molecule has 0 spiro atoms. The standard InChI is InChI=1S/C26H20ClNO2/c1-2-14-11-12-17-18(13-14)22-16-8-4-3-7-15(16)21(17)23-24(22)26(30)28(25(23)29)20-10-6-5-9-19(20)27/h3-13,21-24H,2H2,1H3/t21-,22-,23+,24-/m1/s1. The first-order chi connectivity index (χ1) is 14.6. The molecule has 1 aliphatic heterocycles. The maximum absolute atomic E-state index is 13.7. The van der Waals surface area contributed by atoms with Crippen molar-refractivity contribution in [1.29, 1.82) is 0 Å². The van der Waals surface area contributed by atoms with Gasteiger partial charge in [0, 0.05) is 11.8 Å². The first-order valence-electron chi connectivity index (χ1n) is 10.5. The Kier molecular flexibility index (Phi) is 3.76. The molecule has 0 unspecified atom stereocenters. The topological polar surface area (TPSA) is 37.4 Å². The Morgan fingerprint density at radius 1 is 0.767 bits per heavy atom. The third kappa shape index (κ3) is 2.16. The average molecular weight is 414 g/mol. The van der Waals surface area contributed by atoms with Crippen molar-refractivity contribution in [3.63, 3.8) is 0 Å². The smallest absolute Gasteiger partial charge is 0.238 e. The molecule has 3 nitrogen and oxygen atoms in total. The molecule has 3 aromatic rings. The molecular weight excluding hydrogens is 394 g/mol. The van der Waals surface area contributed by atoms with E-state index in [1.807, 2.05) is 24.3 Å². The minimum Gasteiger partial charge on any atom is -0.274 e. The minimum atomic E-state index is -0.381. The van der Waals surface area contributed by atoms with Crippen molar-refractivity contribution in [3.8, 4) is 0 Å². The van der Waals surface area contributed by atoms with Gasteiger partial charge < -0.3 is 0 Å². The summed E-state index contributed by atoms with van der Waals surface area (Å²) in [4.78, 5) is 28.7. The molecule has 1 fully saturated rings. The predicted octanol–water partition coefficient (Wildman–Crippen LogP) is 5.30. The summed E-state index contributed by atoms with van der Waals surface area (Å²) in [5.74, 6) is -1.22. The van der Waals surface area contributed by atoms with E-state index in [0.717, 1.165) is 6.42 Å². The van der Waals surface area contributed by atoms with Gasteiger partial charge in [-0.2, -0.15) is 0 Å². The summed E-state index contributed by atoms with van der Waals surface area (Å²) in [6, 6.07) is 22.0. The van der Waals surface area contributed by atoms with Crippen LogP contribution < -0.4 is 4.90 Å². The molecule has 3 aliphatic carbocycles. The molecule has 0 aromatic heterocycles. The molecule has 7 rings (SSSR count). The normalized spacial score (nSPS) is 25.9. The van der Waals surface area contributed by atoms with Crippen LogP contribution in [0.4, 0.5) is 5.69 Å². The molecule has 0 N–H and O–H groups in total. The minimum absolute atomic E-state index is 0.0957. The van der Waals surface area contributed by atoms with Crippen molar-refractivity contribution in [3.05, 3.63) is 99.6 Å². The number of carbonyl (C=O) groups is 2. The van der Waals surface area contributed by atoms with Gasteiger partial charge in [0.1, 0.15) is 0 Å². The second-order valence-electron chi connectivity index (χ2n) is 8.42. The van der Waals surface area contributed by atoms with Gasteiger partial charge in [-0.15, -0.1) is 0 Å². The Bertz CT molecular complexity index is 1230. The van der Waals surface area contributed by atoms with Crippen LogP contribution in [0, 0.1) is 11.8 Å². The van der Waals surface area contributed by atoms with Crippen molar-refractivity contribution in [2.45, 2.75) is 25.2 Å². The second-order valence-corrected chi connectivity index (χ2v) is 8.82. The Morgan fingerprint density at radius 3 is 1.97 bits per heavy atom. The number of hydrogen-bond acceptors (Lipinski definition) is 2. The highest BCUT2D eigenvalue weighted by molar-refractivity contribution is 6.36. The fourth-order valence-electron chi connectivity index (χ4n) is 5.87. The largest absolute Gasteiger partial charge is 0.274 e. The number of benzene rings is 3. The number of nitrogens with zero attached hydrogens (tertiary/aromatic N) is 1. The number of para-hydroxylation sites is 1. The maximum atomic E-state index is 13.7. The van der Waals surface area contributed by atoms with Crippen LogP contribution >= 0.6 is 11.6 Å². The molecule has 4 atom stereocenters.